The normalized spacial score (nSPS) is 12.0. The zero-order valence-corrected chi connectivity index (χ0v) is 15.5. The minimum absolute atomic E-state index is 0.00354. The number of rotatable bonds is 6. The third-order valence-electron chi connectivity index (χ3n) is 3.54. The molecule has 0 saturated heterocycles. The second kappa shape index (κ2) is 8.15. The lowest BCUT2D eigenvalue weighted by molar-refractivity contribution is -0.129. The lowest BCUT2D eigenvalue weighted by Gasteiger charge is -2.20. The molecule has 0 fully saturated rings. The van der Waals surface area contributed by atoms with E-state index < -0.39 is 6.04 Å². The van der Waals surface area contributed by atoms with E-state index in [1.54, 1.807) is 0 Å². The average Bonchev–Trinajstić information content (AvgIpc) is 2.99. The van der Waals surface area contributed by atoms with Crippen LogP contribution in [-0.4, -0.2) is 17.9 Å². The van der Waals surface area contributed by atoms with Gasteiger partial charge in [-0.1, -0.05) is 41.9 Å². The molecule has 2 aromatic rings. The van der Waals surface area contributed by atoms with Crippen LogP contribution in [0.15, 0.2) is 45.3 Å². The summed E-state index contributed by atoms with van der Waals surface area (Å²) in [5.41, 5.74) is 0.967. The summed E-state index contributed by atoms with van der Waals surface area (Å²) < 4.78 is 6.77. The number of halogens is 1. The molecule has 24 heavy (non-hydrogen) atoms. The first-order valence-electron chi connectivity index (χ1n) is 7.76. The van der Waals surface area contributed by atoms with Crippen LogP contribution in [0.25, 0.3) is 11.3 Å². The Hall–Kier alpha value is -2.08. The van der Waals surface area contributed by atoms with Gasteiger partial charge in [0.25, 0.3) is 0 Å². The first kappa shape index (κ1) is 18.3. The van der Waals surface area contributed by atoms with Gasteiger partial charge < -0.3 is 15.1 Å². The molecule has 1 aromatic carbocycles. The largest absolute Gasteiger partial charge is 0.459 e. The van der Waals surface area contributed by atoms with Crippen LogP contribution in [0.5, 0.6) is 0 Å². The summed E-state index contributed by atoms with van der Waals surface area (Å²) in [6.07, 6.45) is 0. The molecule has 6 heteroatoms. The Morgan fingerprint density at radius 2 is 1.79 bits per heavy atom. The van der Waals surface area contributed by atoms with Crippen LogP contribution in [0.2, 0.25) is 0 Å². The van der Waals surface area contributed by atoms with Gasteiger partial charge in [0.05, 0.1) is 6.54 Å². The molecule has 128 valence electrons. The topological polar surface area (TPSA) is 71.3 Å². The van der Waals surface area contributed by atoms with E-state index in [0.29, 0.717) is 5.76 Å². The summed E-state index contributed by atoms with van der Waals surface area (Å²) in [6.45, 7) is 5.45. The molecule has 1 atom stereocenters. The van der Waals surface area contributed by atoms with Crippen molar-refractivity contribution in [1.82, 2.24) is 10.6 Å². The van der Waals surface area contributed by atoms with Gasteiger partial charge in [-0.05, 0) is 30.2 Å². The molecule has 0 spiro atoms. The molecule has 0 saturated carbocycles. The number of hydrogen-bond acceptors (Lipinski definition) is 3. The van der Waals surface area contributed by atoms with Crippen LogP contribution >= 0.6 is 15.9 Å². The van der Waals surface area contributed by atoms with Crippen molar-refractivity contribution in [3.05, 3.63) is 46.6 Å². The highest BCUT2D eigenvalue weighted by molar-refractivity contribution is 9.10. The van der Waals surface area contributed by atoms with Crippen LogP contribution in [0, 0.1) is 5.92 Å². The maximum atomic E-state index is 12.2. The third-order valence-corrected chi connectivity index (χ3v) is 4.06. The second-order valence-electron chi connectivity index (χ2n) is 5.91. The van der Waals surface area contributed by atoms with Crippen LogP contribution in [0.1, 0.15) is 26.5 Å². The molecular formula is C18H21BrN2O3. The molecule has 0 radical (unpaired) electrons. The summed E-state index contributed by atoms with van der Waals surface area (Å²) in [7, 11) is 0. The van der Waals surface area contributed by atoms with Gasteiger partial charge in [0, 0.05) is 17.0 Å². The van der Waals surface area contributed by atoms with E-state index in [0.717, 1.165) is 15.8 Å². The van der Waals surface area contributed by atoms with Crippen molar-refractivity contribution in [2.75, 3.05) is 0 Å². The van der Waals surface area contributed by atoms with Gasteiger partial charge in [-0.25, -0.2) is 0 Å². The highest BCUT2D eigenvalue weighted by Crippen LogP contribution is 2.23. The molecule has 1 aromatic heterocycles. The summed E-state index contributed by atoms with van der Waals surface area (Å²) in [5.74, 6) is 0.964. The van der Waals surface area contributed by atoms with Crippen molar-refractivity contribution in [2.24, 2.45) is 5.92 Å². The van der Waals surface area contributed by atoms with E-state index in [4.69, 9.17) is 4.42 Å². The Bertz CT molecular complexity index is 707. The Morgan fingerprint density at radius 1 is 1.12 bits per heavy atom. The number of carbonyl (C=O) groups excluding carboxylic acids is 2. The van der Waals surface area contributed by atoms with Crippen molar-refractivity contribution in [3.8, 4) is 11.3 Å². The predicted molar refractivity (Wildman–Crippen MR) is 96.1 cm³/mol. The fraction of sp³-hybridized carbons (Fsp3) is 0.333. The second-order valence-corrected chi connectivity index (χ2v) is 6.83. The fourth-order valence-electron chi connectivity index (χ4n) is 2.28. The smallest absolute Gasteiger partial charge is 0.243 e. The molecule has 2 rings (SSSR count). The van der Waals surface area contributed by atoms with E-state index in [9.17, 15) is 9.59 Å². The Labute approximate surface area is 149 Å². The summed E-state index contributed by atoms with van der Waals surface area (Å²) >= 11 is 3.40. The summed E-state index contributed by atoms with van der Waals surface area (Å²) in [6, 6.07) is 11.0. The van der Waals surface area contributed by atoms with Gasteiger partial charge in [0.15, 0.2) is 0 Å². The maximum Gasteiger partial charge on any atom is 0.243 e. The van der Waals surface area contributed by atoms with Crippen molar-refractivity contribution in [3.63, 3.8) is 0 Å². The highest BCUT2D eigenvalue weighted by Gasteiger charge is 2.22. The molecular weight excluding hydrogens is 372 g/mol. The van der Waals surface area contributed by atoms with Crippen molar-refractivity contribution in [2.45, 2.75) is 33.4 Å². The molecule has 0 aliphatic rings. The van der Waals surface area contributed by atoms with Crippen LogP contribution in [-0.2, 0) is 16.1 Å². The van der Waals surface area contributed by atoms with Gasteiger partial charge in [-0.3, -0.25) is 9.59 Å². The molecule has 0 aliphatic heterocycles. The van der Waals surface area contributed by atoms with Crippen LogP contribution in [0.4, 0.5) is 0 Å². The van der Waals surface area contributed by atoms with Gasteiger partial charge in [0.1, 0.15) is 17.6 Å². The average molecular weight is 393 g/mol. The third kappa shape index (κ3) is 4.96. The van der Waals surface area contributed by atoms with Gasteiger partial charge in [-0.15, -0.1) is 0 Å². The number of carbonyl (C=O) groups is 2. The standard InChI is InChI=1S/C18H21BrN2O3/c1-11(2)17(21-12(3)22)18(23)20-10-15-8-9-16(24-15)13-4-6-14(19)7-5-13/h4-9,11,17H,10H2,1-3H3,(H,20,23)(H,21,22)/t17-/m0/s1. The van der Waals surface area contributed by atoms with Crippen LogP contribution < -0.4 is 10.6 Å². The first-order valence-corrected chi connectivity index (χ1v) is 8.55. The van der Waals surface area contributed by atoms with Gasteiger partial charge >= 0.3 is 0 Å². The van der Waals surface area contributed by atoms with Crippen LogP contribution in [0.3, 0.4) is 0 Å². The molecule has 2 N–H and O–H groups in total. The van der Waals surface area contributed by atoms with Crippen molar-refractivity contribution in [1.29, 1.82) is 0 Å². The summed E-state index contributed by atoms with van der Waals surface area (Å²) in [4.78, 5) is 23.4. The van der Waals surface area contributed by atoms with Gasteiger partial charge in [0.2, 0.25) is 11.8 Å². The molecule has 0 bridgehead atoms. The minimum atomic E-state index is -0.552. The fourth-order valence-corrected chi connectivity index (χ4v) is 2.54. The number of amides is 2. The first-order chi connectivity index (χ1) is 11.4. The Balaban J connectivity index is 1.98. The highest BCUT2D eigenvalue weighted by atomic mass is 79.9. The number of furan rings is 1. The molecule has 5 nitrogen and oxygen atoms in total. The molecule has 1 heterocycles. The maximum absolute atomic E-state index is 12.2. The molecule has 0 aliphatic carbocycles. The van der Waals surface area contributed by atoms with E-state index in [1.165, 1.54) is 6.92 Å². The number of hydrogen-bond donors (Lipinski definition) is 2. The van der Waals surface area contributed by atoms with E-state index in [-0.39, 0.29) is 24.3 Å². The lowest BCUT2D eigenvalue weighted by Crippen LogP contribution is -2.48. The lowest BCUT2D eigenvalue weighted by atomic mass is 10.0. The molecule has 2 amide bonds. The zero-order valence-electron chi connectivity index (χ0n) is 13.9. The van der Waals surface area contributed by atoms with Gasteiger partial charge in [-0.2, -0.15) is 0 Å². The number of benzene rings is 1. The zero-order chi connectivity index (χ0) is 17.7. The predicted octanol–water partition coefficient (Wildman–Crippen LogP) is 3.49. The monoisotopic (exact) mass is 392 g/mol. The van der Waals surface area contributed by atoms with Crippen molar-refractivity contribution >= 4 is 27.7 Å². The Morgan fingerprint density at radius 3 is 2.38 bits per heavy atom. The van der Waals surface area contributed by atoms with E-state index in [1.807, 2.05) is 50.2 Å². The quantitative estimate of drug-likeness (QED) is 0.790. The van der Waals surface area contributed by atoms with E-state index in [2.05, 4.69) is 26.6 Å². The SMILES string of the molecule is CC(=O)N[C@H](C(=O)NCc1ccc(-c2ccc(Br)cc2)o1)C(C)C. The minimum Gasteiger partial charge on any atom is -0.459 e. The van der Waals surface area contributed by atoms with Crippen molar-refractivity contribution < 1.29 is 14.0 Å². The van der Waals surface area contributed by atoms with E-state index >= 15 is 0 Å². The molecule has 0 unspecified atom stereocenters. The summed E-state index contributed by atoms with van der Waals surface area (Å²) in [5, 5.41) is 5.47. The Kier molecular flexibility index (Phi) is 6.20. The number of nitrogens with one attached hydrogen (secondary N) is 2.